The molecule has 1 aliphatic rings. The molecule has 1 aromatic heterocycles. The Balaban J connectivity index is 1.72. The summed E-state index contributed by atoms with van der Waals surface area (Å²) in [6, 6.07) is 1.94. The smallest absolute Gasteiger partial charge is 0.303 e. The maximum atomic E-state index is 10.5. The van der Waals surface area contributed by atoms with Gasteiger partial charge in [0.2, 0.25) is 0 Å². The Morgan fingerprint density at radius 2 is 2.22 bits per heavy atom. The van der Waals surface area contributed by atoms with E-state index in [0.29, 0.717) is 12.3 Å². The van der Waals surface area contributed by atoms with Crippen LogP contribution in [0.5, 0.6) is 0 Å². The summed E-state index contributed by atoms with van der Waals surface area (Å²) in [6.07, 6.45) is 6.65. The molecule has 1 N–H and O–H groups in total. The van der Waals surface area contributed by atoms with E-state index in [1.807, 2.05) is 6.07 Å². The van der Waals surface area contributed by atoms with Crippen molar-refractivity contribution >= 4 is 5.97 Å². The molecule has 0 saturated carbocycles. The van der Waals surface area contributed by atoms with Crippen LogP contribution in [0.15, 0.2) is 18.6 Å². The van der Waals surface area contributed by atoms with Gasteiger partial charge in [-0.3, -0.25) is 9.69 Å². The zero-order valence-corrected chi connectivity index (χ0v) is 10.5. The number of carboxylic acid groups (broad SMARTS) is 1. The number of piperidine rings is 1. The van der Waals surface area contributed by atoms with E-state index in [4.69, 9.17) is 5.11 Å². The largest absolute Gasteiger partial charge is 0.481 e. The van der Waals surface area contributed by atoms with Crippen molar-refractivity contribution in [2.75, 3.05) is 13.1 Å². The quantitative estimate of drug-likeness (QED) is 0.857. The third kappa shape index (κ3) is 4.07. The first-order valence-corrected chi connectivity index (χ1v) is 6.43. The van der Waals surface area contributed by atoms with Crippen LogP contribution in [0.1, 0.15) is 31.4 Å². The fourth-order valence-electron chi connectivity index (χ4n) is 2.40. The SMILES string of the molecule is O=C(O)CCC1CCN(Cc2ccncn2)CC1. The molecule has 1 aromatic rings. The van der Waals surface area contributed by atoms with Gasteiger partial charge in [0.1, 0.15) is 6.33 Å². The van der Waals surface area contributed by atoms with Crippen LogP contribution in [0.3, 0.4) is 0 Å². The molecule has 0 radical (unpaired) electrons. The number of aliphatic carboxylic acids is 1. The van der Waals surface area contributed by atoms with Gasteiger partial charge in [-0.25, -0.2) is 9.97 Å². The number of likely N-dealkylation sites (tertiary alicyclic amines) is 1. The topological polar surface area (TPSA) is 66.3 Å². The number of aromatic nitrogens is 2. The summed E-state index contributed by atoms with van der Waals surface area (Å²) in [6.45, 7) is 2.94. The van der Waals surface area contributed by atoms with E-state index in [1.165, 1.54) is 0 Å². The summed E-state index contributed by atoms with van der Waals surface area (Å²) < 4.78 is 0. The number of nitrogens with zero attached hydrogens (tertiary/aromatic N) is 3. The predicted molar refractivity (Wildman–Crippen MR) is 66.9 cm³/mol. The molecule has 0 aromatic carbocycles. The Labute approximate surface area is 107 Å². The minimum Gasteiger partial charge on any atom is -0.481 e. The summed E-state index contributed by atoms with van der Waals surface area (Å²) in [4.78, 5) is 21.0. The highest BCUT2D eigenvalue weighted by Gasteiger charge is 2.19. The molecular weight excluding hydrogens is 230 g/mol. The third-order valence-electron chi connectivity index (χ3n) is 3.50. The van der Waals surface area contributed by atoms with Crippen LogP contribution in [-0.2, 0) is 11.3 Å². The number of rotatable bonds is 5. The number of hydrogen-bond acceptors (Lipinski definition) is 4. The molecule has 0 amide bonds. The lowest BCUT2D eigenvalue weighted by atomic mass is 9.92. The molecule has 18 heavy (non-hydrogen) atoms. The van der Waals surface area contributed by atoms with Gasteiger partial charge in [-0.1, -0.05) is 0 Å². The summed E-state index contributed by atoms with van der Waals surface area (Å²) in [5.74, 6) is -0.110. The molecular formula is C13H19N3O2. The highest BCUT2D eigenvalue weighted by Crippen LogP contribution is 2.22. The molecule has 0 bridgehead atoms. The van der Waals surface area contributed by atoms with Gasteiger partial charge < -0.3 is 5.11 Å². The van der Waals surface area contributed by atoms with E-state index in [9.17, 15) is 4.79 Å². The monoisotopic (exact) mass is 249 g/mol. The molecule has 1 aliphatic heterocycles. The van der Waals surface area contributed by atoms with E-state index in [-0.39, 0.29) is 0 Å². The highest BCUT2D eigenvalue weighted by atomic mass is 16.4. The molecule has 0 unspecified atom stereocenters. The molecule has 2 heterocycles. The van der Waals surface area contributed by atoms with E-state index < -0.39 is 5.97 Å². The van der Waals surface area contributed by atoms with Crippen LogP contribution >= 0.6 is 0 Å². The van der Waals surface area contributed by atoms with Gasteiger partial charge in [0.15, 0.2) is 0 Å². The maximum absolute atomic E-state index is 10.5. The molecule has 0 spiro atoms. The summed E-state index contributed by atoms with van der Waals surface area (Å²) >= 11 is 0. The van der Waals surface area contributed by atoms with Crippen LogP contribution in [0, 0.1) is 5.92 Å². The average Bonchev–Trinajstić information content (AvgIpc) is 2.39. The van der Waals surface area contributed by atoms with Gasteiger partial charge in [-0.2, -0.15) is 0 Å². The van der Waals surface area contributed by atoms with Gasteiger partial charge >= 0.3 is 5.97 Å². The summed E-state index contributed by atoms with van der Waals surface area (Å²) in [5.41, 5.74) is 1.05. The third-order valence-corrected chi connectivity index (χ3v) is 3.50. The van der Waals surface area contributed by atoms with Crippen LogP contribution < -0.4 is 0 Å². The second kappa shape index (κ2) is 6.44. The van der Waals surface area contributed by atoms with Crippen molar-refractivity contribution in [3.8, 4) is 0 Å². The molecule has 2 rings (SSSR count). The summed E-state index contributed by atoms with van der Waals surface area (Å²) in [7, 11) is 0. The standard InChI is InChI=1S/C13H19N3O2/c17-13(18)2-1-11-4-7-16(8-5-11)9-12-3-6-14-10-15-12/h3,6,10-11H,1-2,4-5,7-9H2,(H,17,18). The second-order valence-corrected chi connectivity index (χ2v) is 4.85. The second-order valence-electron chi connectivity index (χ2n) is 4.85. The van der Waals surface area contributed by atoms with Crippen molar-refractivity contribution in [3.05, 3.63) is 24.3 Å². The number of carbonyl (C=O) groups is 1. The Bertz CT molecular complexity index is 375. The number of hydrogen-bond donors (Lipinski definition) is 1. The van der Waals surface area contributed by atoms with Gasteiger partial charge in [-0.05, 0) is 44.3 Å². The van der Waals surface area contributed by atoms with Crippen LogP contribution in [0.2, 0.25) is 0 Å². The minimum absolute atomic E-state index is 0.302. The Kier molecular flexibility index (Phi) is 4.64. The minimum atomic E-state index is -0.682. The van der Waals surface area contributed by atoms with E-state index in [1.54, 1.807) is 12.5 Å². The van der Waals surface area contributed by atoms with Crippen LogP contribution in [0.25, 0.3) is 0 Å². The van der Waals surface area contributed by atoms with Crippen molar-refractivity contribution in [2.24, 2.45) is 5.92 Å². The van der Waals surface area contributed by atoms with E-state index >= 15 is 0 Å². The highest BCUT2D eigenvalue weighted by molar-refractivity contribution is 5.66. The first-order chi connectivity index (χ1) is 8.74. The lowest BCUT2D eigenvalue weighted by molar-refractivity contribution is -0.137. The Morgan fingerprint density at radius 3 is 2.83 bits per heavy atom. The average molecular weight is 249 g/mol. The van der Waals surface area contributed by atoms with Gasteiger partial charge in [0.25, 0.3) is 0 Å². The number of carboxylic acids is 1. The molecule has 5 nitrogen and oxygen atoms in total. The van der Waals surface area contributed by atoms with Crippen LogP contribution in [-0.4, -0.2) is 39.0 Å². The zero-order valence-electron chi connectivity index (χ0n) is 10.5. The van der Waals surface area contributed by atoms with Gasteiger partial charge in [0, 0.05) is 19.2 Å². The first kappa shape index (κ1) is 13.0. The molecule has 1 fully saturated rings. The van der Waals surface area contributed by atoms with E-state index in [2.05, 4.69) is 14.9 Å². The fourth-order valence-corrected chi connectivity index (χ4v) is 2.40. The van der Waals surface area contributed by atoms with Crippen molar-refractivity contribution in [2.45, 2.75) is 32.2 Å². The Hall–Kier alpha value is -1.49. The van der Waals surface area contributed by atoms with Crippen molar-refractivity contribution in [3.63, 3.8) is 0 Å². The molecule has 0 atom stereocenters. The Morgan fingerprint density at radius 1 is 1.44 bits per heavy atom. The van der Waals surface area contributed by atoms with Gasteiger partial charge in [-0.15, -0.1) is 0 Å². The van der Waals surface area contributed by atoms with Crippen molar-refractivity contribution in [1.29, 1.82) is 0 Å². The molecule has 98 valence electrons. The normalized spacial score (nSPS) is 17.8. The fraction of sp³-hybridized carbons (Fsp3) is 0.615. The molecule has 0 aliphatic carbocycles. The lowest BCUT2D eigenvalue weighted by Crippen LogP contribution is -2.33. The molecule has 5 heteroatoms. The summed E-state index contributed by atoms with van der Waals surface area (Å²) in [5, 5.41) is 8.67. The van der Waals surface area contributed by atoms with Crippen molar-refractivity contribution in [1.82, 2.24) is 14.9 Å². The van der Waals surface area contributed by atoms with E-state index in [0.717, 1.165) is 44.6 Å². The first-order valence-electron chi connectivity index (χ1n) is 6.43. The zero-order chi connectivity index (χ0) is 12.8. The van der Waals surface area contributed by atoms with Crippen molar-refractivity contribution < 1.29 is 9.90 Å². The molecule has 1 saturated heterocycles. The van der Waals surface area contributed by atoms with Gasteiger partial charge in [0.05, 0.1) is 5.69 Å². The maximum Gasteiger partial charge on any atom is 0.303 e. The lowest BCUT2D eigenvalue weighted by Gasteiger charge is -2.31. The predicted octanol–water partition coefficient (Wildman–Crippen LogP) is 1.55. The van der Waals surface area contributed by atoms with Crippen LogP contribution in [0.4, 0.5) is 0 Å².